The first-order valence-electron chi connectivity index (χ1n) is 8.28. The third-order valence-corrected chi connectivity index (χ3v) is 3.73. The lowest BCUT2D eigenvalue weighted by atomic mass is 10.1. The van der Waals surface area contributed by atoms with Crippen LogP contribution in [-0.2, 0) is 11.2 Å². The fourth-order valence-electron chi connectivity index (χ4n) is 2.55. The van der Waals surface area contributed by atoms with Crippen LogP contribution in [0.25, 0.3) is 0 Å². The van der Waals surface area contributed by atoms with Crippen LogP contribution >= 0.6 is 0 Å². The first-order valence-corrected chi connectivity index (χ1v) is 8.28. The number of hydrogen-bond acceptors (Lipinski definition) is 5. The van der Waals surface area contributed by atoms with E-state index in [9.17, 15) is 9.18 Å². The first-order chi connectivity index (χ1) is 11.3. The molecule has 6 nitrogen and oxygen atoms in total. The topological polar surface area (TPSA) is 65.9 Å². The largest absolute Gasteiger partial charge is 0.444 e. The number of aliphatic hydroxyl groups excluding tert-OH is 1. The standard InChI is InChI=1S/C17H26FN3O3/c1-17(2,3)24-16(23)21-8-6-20(7-9-21)15-14(18)11-13(12-19-15)5-4-10-22/h11-12,22H,4-10H2,1-3H3. The van der Waals surface area contributed by atoms with Crippen LogP contribution < -0.4 is 4.90 Å². The predicted octanol–water partition coefficient (Wildman–Crippen LogP) is 2.20. The van der Waals surface area contributed by atoms with Gasteiger partial charge in [-0.2, -0.15) is 0 Å². The predicted molar refractivity (Wildman–Crippen MR) is 89.6 cm³/mol. The first kappa shape index (κ1) is 18.4. The molecular weight excluding hydrogens is 313 g/mol. The normalized spacial score (nSPS) is 15.5. The van der Waals surface area contributed by atoms with Gasteiger partial charge in [-0.25, -0.2) is 14.2 Å². The summed E-state index contributed by atoms with van der Waals surface area (Å²) < 4.78 is 19.6. The fourth-order valence-corrected chi connectivity index (χ4v) is 2.55. The number of carbonyl (C=O) groups is 1. The molecule has 2 heterocycles. The molecule has 1 fully saturated rings. The van der Waals surface area contributed by atoms with Crippen molar-refractivity contribution in [3.05, 3.63) is 23.6 Å². The highest BCUT2D eigenvalue weighted by Gasteiger charge is 2.27. The maximum absolute atomic E-state index is 14.3. The second-order valence-corrected chi connectivity index (χ2v) is 6.93. The van der Waals surface area contributed by atoms with Crippen LogP contribution in [0.4, 0.5) is 15.0 Å². The smallest absolute Gasteiger partial charge is 0.410 e. The van der Waals surface area contributed by atoms with Crippen molar-refractivity contribution in [2.45, 2.75) is 39.2 Å². The summed E-state index contributed by atoms with van der Waals surface area (Å²) in [5.41, 5.74) is 0.254. The third kappa shape index (κ3) is 5.06. The van der Waals surface area contributed by atoms with Crippen LogP contribution in [-0.4, -0.2) is 59.5 Å². The Morgan fingerprint density at radius 2 is 2.00 bits per heavy atom. The van der Waals surface area contributed by atoms with Crippen LogP contribution in [0.15, 0.2) is 12.3 Å². The van der Waals surface area contributed by atoms with Gasteiger partial charge in [-0.3, -0.25) is 0 Å². The second kappa shape index (κ2) is 7.79. The average molecular weight is 339 g/mol. The molecule has 134 valence electrons. The fraction of sp³-hybridized carbons (Fsp3) is 0.647. The van der Waals surface area contributed by atoms with Gasteiger partial charge in [0.25, 0.3) is 0 Å². The van der Waals surface area contributed by atoms with Crippen molar-refractivity contribution in [3.63, 3.8) is 0 Å². The van der Waals surface area contributed by atoms with E-state index in [0.717, 1.165) is 5.56 Å². The van der Waals surface area contributed by atoms with E-state index in [1.165, 1.54) is 6.07 Å². The van der Waals surface area contributed by atoms with Gasteiger partial charge in [-0.1, -0.05) is 0 Å². The quantitative estimate of drug-likeness (QED) is 0.911. The van der Waals surface area contributed by atoms with Crippen LogP contribution in [0.5, 0.6) is 0 Å². The number of pyridine rings is 1. The third-order valence-electron chi connectivity index (χ3n) is 3.73. The summed E-state index contributed by atoms with van der Waals surface area (Å²) in [4.78, 5) is 19.7. The summed E-state index contributed by atoms with van der Waals surface area (Å²) in [7, 11) is 0. The minimum absolute atomic E-state index is 0.0794. The van der Waals surface area contributed by atoms with Gasteiger partial charge in [-0.15, -0.1) is 0 Å². The molecule has 0 atom stereocenters. The van der Waals surface area contributed by atoms with E-state index in [0.29, 0.717) is 44.8 Å². The molecule has 24 heavy (non-hydrogen) atoms. The van der Waals surface area contributed by atoms with E-state index >= 15 is 0 Å². The van der Waals surface area contributed by atoms with Gasteiger partial charge in [0.1, 0.15) is 5.60 Å². The molecule has 0 aliphatic carbocycles. The molecule has 0 spiro atoms. The highest BCUT2D eigenvalue weighted by molar-refractivity contribution is 5.68. The summed E-state index contributed by atoms with van der Waals surface area (Å²) in [5, 5.41) is 8.83. The van der Waals surface area contributed by atoms with Crippen LogP contribution in [0.1, 0.15) is 32.8 Å². The Bertz CT molecular complexity index is 567. The van der Waals surface area contributed by atoms with Gasteiger partial charge in [-0.05, 0) is 45.2 Å². The van der Waals surface area contributed by atoms with Crippen molar-refractivity contribution in [1.29, 1.82) is 0 Å². The Balaban J connectivity index is 1.93. The zero-order chi connectivity index (χ0) is 17.7. The van der Waals surface area contributed by atoms with Gasteiger partial charge < -0.3 is 19.6 Å². The summed E-state index contributed by atoms with van der Waals surface area (Å²) in [6, 6.07) is 1.47. The number of halogens is 1. The minimum atomic E-state index is -0.522. The van der Waals surface area contributed by atoms with Crippen molar-refractivity contribution in [2.75, 3.05) is 37.7 Å². The van der Waals surface area contributed by atoms with Gasteiger partial charge >= 0.3 is 6.09 Å². The van der Waals surface area contributed by atoms with Crippen LogP contribution in [0, 0.1) is 5.82 Å². The van der Waals surface area contributed by atoms with Crippen molar-refractivity contribution < 1.29 is 19.0 Å². The highest BCUT2D eigenvalue weighted by Crippen LogP contribution is 2.20. The Morgan fingerprint density at radius 3 is 2.54 bits per heavy atom. The molecule has 0 aromatic carbocycles. The Morgan fingerprint density at radius 1 is 1.33 bits per heavy atom. The lowest BCUT2D eigenvalue weighted by molar-refractivity contribution is 0.0240. The zero-order valence-electron chi connectivity index (χ0n) is 14.6. The SMILES string of the molecule is CC(C)(C)OC(=O)N1CCN(c2ncc(CCCO)cc2F)CC1. The maximum atomic E-state index is 14.3. The number of amides is 1. The number of ether oxygens (including phenoxy) is 1. The number of aliphatic hydroxyl groups is 1. The molecule has 1 amide bonds. The summed E-state index contributed by atoms with van der Waals surface area (Å²) >= 11 is 0. The van der Waals surface area contributed by atoms with E-state index in [2.05, 4.69) is 4.98 Å². The minimum Gasteiger partial charge on any atom is -0.444 e. The lowest BCUT2D eigenvalue weighted by Crippen LogP contribution is -2.50. The molecule has 2 rings (SSSR count). The number of aromatic nitrogens is 1. The zero-order valence-corrected chi connectivity index (χ0v) is 14.6. The number of hydrogen-bond donors (Lipinski definition) is 1. The molecular formula is C17H26FN3O3. The summed E-state index contributed by atoms with van der Waals surface area (Å²) in [6.45, 7) is 7.55. The van der Waals surface area contributed by atoms with E-state index < -0.39 is 5.60 Å². The molecule has 1 aromatic rings. The molecule has 0 unspecified atom stereocenters. The average Bonchev–Trinajstić information content (AvgIpc) is 2.51. The molecule has 1 N–H and O–H groups in total. The summed E-state index contributed by atoms with van der Waals surface area (Å²) in [6.07, 6.45) is 2.51. The maximum Gasteiger partial charge on any atom is 0.410 e. The van der Waals surface area contributed by atoms with Gasteiger partial charge in [0, 0.05) is 39.0 Å². The Labute approximate surface area is 142 Å². The highest BCUT2D eigenvalue weighted by atomic mass is 19.1. The molecule has 0 radical (unpaired) electrons. The second-order valence-electron chi connectivity index (χ2n) is 6.93. The van der Waals surface area contributed by atoms with Gasteiger partial charge in [0.15, 0.2) is 11.6 Å². The van der Waals surface area contributed by atoms with E-state index in [1.807, 2.05) is 25.7 Å². The molecule has 0 bridgehead atoms. The number of anilines is 1. The summed E-state index contributed by atoms with van der Waals surface area (Å²) in [5.74, 6) is -0.0530. The number of rotatable bonds is 4. The van der Waals surface area contributed by atoms with Crippen molar-refractivity contribution >= 4 is 11.9 Å². The molecule has 1 saturated heterocycles. The van der Waals surface area contributed by atoms with Crippen LogP contribution in [0.2, 0.25) is 0 Å². The van der Waals surface area contributed by atoms with Crippen molar-refractivity contribution in [1.82, 2.24) is 9.88 Å². The number of carbonyl (C=O) groups excluding carboxylic acids is 1. The van der Waals surface area contributed by atoms with Gasteiger partial charge in [0.2, 0.25) is 0 Å². The molecule has 1 aliphatic rings. The van der Waals surface area contributed by atoms with Crippen LogP contribution in [0.3, 0.4) is 0 Å². The van der Waals surface area contributed by atoms with Crippen molar-refractivity contribution in [2.24, 2.45) is 0 Å². The van der Waals surface area contributed by atoms with Crippen molar-refractivity contribution in [3.8, 4) is 0 Å². The number of piperazine rings is 1. The Hall–Kier alpha value is -1.89. The van der Waals surface area contributed by atoms with E-state index in [1.54, 1.807) is 11.1 Å². The molecule has 1 aliphatic heterocycles. The van der Waals surface area contributed by atoms with E-state index in [4.69, 9.17) is 9.84 Å². The number of nitrogens with zero attached hydrogens (tertiary/aromatic N) is 3. The molecule has 1 aromatic heterocycles. The van der Waals surface area contributed by atoms with Gasteiger partial charge in [0.05, 0.1) is 0 Å². The monoisotopic (exact) mass is 339 g/mol. The number of aryl methyl sites for hydroxylation is 1. The molecule has 7 heteroatoms. The Kier molecular flexibility index (Phi) is 5.99. The lowest BCUT2D eigenvalue weighted by Gasteiger charge is -2.36. The van der Waals surface area contributed by atoms with E-state index in [-0.39, 0.29) is 18.5 Å². The molecule has 0 saturated carbocycles.